The lowest BCUT2D eigenvalue weighted by Gasteiger charge is -2.20. The fourth-order valence-corrected chi connectivity index (χ4v) is 3.30. The van der Waals surface area contributed by atoms with Gasteiger partial charge in [0.15, 0.2) is 0 Å². The van der Waals surface area contributed by atoms with Crippen LogP contribution in [0.3, 0.4) is 0 Å². The second-order valence-corrected chi connectivity index (χ2v) is 5.85. The summed E-state index contributed by atoms with van der Waals surface area (Å²) in [6.07, 6.45) is 0.591. The Morgan fingerprint density at radius 2 is 2.00 bits per heavy atom. The minimum Gasteiger partial charge on any atom is -0.478 e. The Morgan fingerprint density at radius 3 is 2.47 bits per heavy atom. The summed E-state index contributed by atoms with van der Waals surface area (Å²) in [6, 6.07) is 2.74. The zero-order valence-electron chi connectivity index (χ0n) is 10.8. The number of carbonyl (C=O) groups is 1. The van der Waals surface area contributed by atoms with Crippen LogP contribution in [0.2, 0.25) is 0 Å². The maximum absolute atomic E-state index is 13.7. The highest BCUT2D eigenvalue weighted by atomic mass is 32.2. The molecule has 0 saturated heterocycles. The highest BCUT2D eigenvalue weighted by Crippen LogP contribution is 2.21. The minimum absolute atomic E-state index is 0.201. The Labute approximate surface area is 111 Å². The second kappa shape index (κ2) is 6.12. The molecule has 0 aliphatic heterocycles. The summed E-state index contributed by atoms with van der Waals surface area (Å²) < 4.78 is 39.3. The van der Waals surface area contributed by atoms with E-state index in [4.69, 9.17) is 5.11 Å². The highest BCUT2D eigenvalue weighted by Gasteiger charge is 2.26. The predicted molar refractivity (Wildman–Crippen MR) is 68.1 cm³/mol. The fraction of sp³-hybridized carbons (Fsp3) is 0.417. The molecule has 19 heavy (non-hydrogen) atoms. The molecule has 0 aromatic heterocycles. The van der Waals surface area contributed by atoms with Gasteiger partial charge in [-0.3, -0.25) is 0 Å². The van der Waals surface area contributed by atoms with Crippen LogP contribution in [0.5, 0.6) is 0 Å². The van der Waals surface area contributed by atoms with Crippen LogP contribution in [0.4, 0.5) is 4.39 Å². The van der Waals surface area contributed by atoms with Gasteiger partial charge in [-0.1, -0.05) is 13.8 Å². The lowest BCUT2D eigenvalue weighted by Crippen LogP contribution is -2.32. The van der Waals surface area contributed by atoms with Gasteiger partial charge in [0, 0.05) is 13.1 Å². The molecule has 7 heteroatoms. The first-order chi connectivity index (χ1) is 8.84. The number of sulfonamides is 1. The van der Waals surface area contributed by atoms with Gasteiger partial charge in [-0.15, -0.1) is 0 Å². The number of rotatable bonds is 6. The maximum atomic E-state index is 13.7. The number of aromatic carboxylic acids is 1. The average molecular weight is 289 g/mol. The Bertz CT molecular complexity index is 571. The molecule has 1 rings (SSSR count). The van der Waals surface area contributed by atoms with E-state index >= 15 is 0 Å². The third-order valence-corrected chi connectivity index (χ3v) is 4.61. The lowest BCUT2D eigenvalue weighted by molar-refractivity contribution is 0.0696. The third kappa shape index (κ3) is 3.30. The molecule has 5 nitrogen and oxygen atoms in total. The molecule has 0 amide bonds. The van der Waals surface area contributed by atoms with Crippen molar-refractivity contribution in [3.63, 3.8) is 0 Å². The second-order valence-electron chi connectivity index (χ2n) is 3.95. The minimum atomic E-state index is -4.00. The maximum Gasteiger partial charge on any atom is 0.335 e. The van der Waals surface area contributed by atoms with E-state index in [0.717, 1.165) is 22.5 Å². The molecule has 0 unspecified atom stereocenters. The smallest absolute Gasteiger partial charge is 0.335 e. The average Bonchev–Trinajstić information content (AvgIpc) is 2.35. The number of carboxylic acids is 1. The van der Waals surface area contributed by atoms with E-state index in [1.807, 2.05) is 6.92 Å². The van der Waals surface area contributed by atoms with E-state index in [2.05, 4.69) is 0 Å². The van der Waals surface area contributed by atoms with Crippen molar-refractivity contribution in [3.8, 4) is 0 Å². The Hall–Kier alpha value is -1.47. The van der Waals surface area contributed by atoms with Crippen molar-refractivity contribution in [2.75, 3.05) is 13.1 Å². The largest absolute Gasteiger partial charge is 0.478 e. The molecule has 0 fully saturated rings. The molecule has 0 radical (unpaired) electrons. The Kier molecular flexibility index (Phi) is 5.02. The van der Waals surface area contributed by atoms with Crippen LogP contribution < -0.4 is 0 Å². The summed E-state index contributed by atoms with van der Waals surface area (Å²) in [5, 5.41) is 8.83. The topological polar surface area (TPSA) is 74.7 Å². The first-order valence-electron chi connectivity index (χ1n) is 5.87. The van der Waals surface area contributed by atoms with Crippen molar-refractivity contribution in [2.45, 2.75) is 25.2 Å². The van der Waals surface area contributed by atoms with Crippen molar-refractivity contribution in [3.05, 3.63) is 29.6 Å². The molecule has 1 N–H and O–H groups in total. The normalized spacial score (nSPS) is 11.8. The van der Waals surface area contributed by atoms with Gasteiger partial charge in [0.1, 0.15) is 10.7 Å². The van der Waals surface area contributed by atoms with Gasteiger partial charge < -0.3 is 5.11 Å². The first kappa shape index (κ1) is 15.6. The molecule has 0 saturated carbocycles. The van der Waals surface area contributed by atoms with Crippen LogP contribution in [-0.4, -0.2) is 36.9 Å². The van der Waals surface area contributed by atoms with E-state index in [0.29, 0.717) is 6.42 Å². The van der Waals surface area contributed by atoms with E-state index in [1.54, 1.807) is 6.92 Å². The number of halogens is 1. The molecular weight excluding hydrogens is 273 g/mol. The molecule has 1 aromatic carbocycles. The van der Waals surface area contributed by atoms with Crippen LogP contribution >= 0.6 is 0 Å². The monoisotopic (exact) mass is 289 g/mol. The third-order valence-electron chi connectivity index (χ3n) is 2.62. The van der Waals surface area contributed by atoms with Gasteiger partial charge >= 0.3 is 5.97 Å². The zero-order chi connectivity index (χ0) is 14.6. The zero-order valence-corrected chi connectivity index (χ0v) is 11.6. The van der Waals surface area contributed by atoms with Crippen molar-refractivity contribution in [1.29, 1.82) is 0 Å². The molecule has 0 aliphatic rings. The van der Waals surface area contributed by atoms with Gasteiger partial charge in [0.05, 0.1) is 5.56 Å². The van der Waals surface area contributed by atoms with Crippen LogP contribution in [0.1, 0.15) is 30.6 Å². The van der Waals surface area contributed by atoms with E-state index in [-0.39, 0.29) is 18.7 Å². The van der Waals surface area contributed by atoms with Gasteiger partial charge in [-0.2, -0.15) is 4.31 Å². The van der Waals surface area contributed by atoms with Crippen molar-refractivity contribution in [2.24, 2.45) is 0 Å². The fourth-order valence-electron chi connectivity index (χ4n) is 1.67. The summed E-state index contributed by atoms with van der Waals surface area (Å²) in [4.78, 5) is 10.2. The van der Waals surface area contributed by atoms with Crippen LogP contribution in [0.25, 0.3) is 0 Å². The standard InChI is InChI=1S/C12H16FNO4S/c1-3-7-14(4-2)19(17,18)11-8-9(12(15)16)5-6-10(11)13/h5-6,8H,3-4,7H2,1-2H3,(H,15,16). The Balaban J connectivity index is 3.34. The molecular formula is C12H16FNO4S. The number of nitrogens with zero attached hydrogens (tertiary/aromatic N) is 1. The SMILES string of the molecule is CCCN(CC)S(=O)(=O)c1cc(C(=O)O)ccc1F. The van der Waals surface area contributed by atoms with Crippen LogP contribution in [-0.2, 0) is 10.0 Å². The number of hydrogen-bond acceptors (Lipinski definition) is 3. The quantitative estimate of drug-likeness (QED) is 0.868. The summed E-state index contributed by atoms with van der Waals surface area (Å²) in [5.41, 5.74) is -0.257. The van der Waals surface area contributed by atoms with Crippen molar-refractivity contribution >= 4 is 16.0 Å². The number of carboxylic acid groups (broad SMARTS) is 1. The molecule has 0 aliphatic carbocycles. The number of hydrogen-bond donors (Lipinski definition) is 1. The molecule has 0 heterocycles. The lowest BCUT2D eigenvalue weighted by atomic mass is 10.2. The van der Waals surface area contributed by atoms with Crippen LogP contribution in [0, 0.1) is 5.82 Å². The molecule has 1 aromatic rings. The van der Waals surface area contributed by atoms with E-state index in [9.17, 15) is 17.6 Å². The Morgan fingerprint density at radius 1 is 1.37 bits per heavy atom. The predicted octanol–water partition coefficient (Wildman–Crippen LogP) is 1.94. The number of benzene rings is 1. The van der Waals surface area contributed by atoms with Crippen LogP contribution in [0.15, 0.2) is 23.1 Å². The van der Waals surface area contributed by atoms with Crippen molar-refractivity contribution < 1.29 is 22.7 Å². The van der Waals surface area contributed by atoms with Gasteiger partial charge in [0.25, 0.3) is 0 Å². The summed E-state index contributed by atoms with van der Waals surface area (Å²) in [6.45, 7) is 3.91. The molecule has 106 valence electrons. The van der Waals surface area contributed by atoms with Crippen molar-refractivity contribution in [1.82, 2.24) is 4.31 Å². The van der Waals surface area contributed by atoms with Gasteiger partial charge in [-0.05, 0) is 24.6 Å². The summed E-state index contributed by atoms with van der Waals surface area (Å²) in [5.74, 6) is -2.24. The van der Waals surface area contributed by atoms with Gasteiger partial charge in [-0.25, -0.2) is 17.6 Å². The molecule has 0 spiro atoms. The van der Waals surface area contributed by atoms with Gasteiger partial charge in [0.2, 0.25) is 10.0 Å². The molecule has 0 atom stereocenters. The molecule has 0 bridgehead atoms. The first-order valence-corrected chi connectivity index (χ1v) is 7.31. The van der Waals surface area contributed by atoms with E-state index < -0.39 is 26.7 Å². The summed E-state index contributed by atoms with van der Waals surface area (Å²) in [7, 11) is -4.00. The van der Waals surface area contributed by atoms with E-state index in [1.165, 1.54) is 0 Å². The highest BCUT2D eigenvalue weighted by molar-refractivity contribution is 7.89. The summed E-state index contributed by atoms with van der Waals surface area (Å²) >= 11 is 0.